The molecule has 1 aliphatic rings. The Hall–Kier alpha value is -1.26. The Labute approximate surface area is 102 Å². The van der Waals surface area contributed by atoms with Crippen LogP contribution in [0.3, 0.4) is 0 Å². The maximum absolute atomic E-state index is 6.22. The van der Waals surface area contributed by atoms with Crippen molar-refractivity contribution in [3.05, 3.63) is 28.6 Å². The highest BCUT2D eigenvalue weighted by Crippen LogP contribution is 2.39. The summed E-state index contributed by atoms with van der Waals surface area (Å²) in [6.07, 6.45) is 0. The number of aliphatic imine (C=N–C) groups is 1. The summed E-state index contributed by atoms with van der Waals surface area (Å²) in [4.78, 5) is 4.30. The first kappa shape index (κ1) is 9.93. The van der Waals surface area contributed by atoms with Gasteiger partial charge in [-0.05, 0) is 6.07 Å². The molecule has 2 heterocycles. The molecule has 0 atom stereocenters. The van der Waals surface area contributed by atoms with Crippen LogP contribution < -0.4 is 10.6 Å². The monoisotopic (exact) mass is 251 g/mol. The number of anilines is 1. The zero-order valence-corrected chi connectivity index (χ0v) is 10.0. The molecular weight excluding hydrogens is 242 g/mol. The zero-order chi connectivity index (χ0) is 11.0. The van der Waals surface area contributed by atoms with E-state index in [1.54, 1.807) is 11.3 Å². The molecule has 1 aliphatic heterocycles. The van der Waals surface area contributed by atoms with Crippen LogP contribution in [0.5, 0.6) is 0 Å². The van der Waals surface area contributed by atoms with Crippen LogP contribution >= 0.6 is 22.9 Å². The van der Waals surface area contributed by atoms with Gasteiger partial charge >= 0.3 is 0 Å². The summed E-state index contributed by atoms with van der Waals surface area (Å²) < 4.78 is 1.96. The van der Waals surface area contributed by atoms with Gasteiger partial charge in [-0.3, -0.25) is 4.99 Å². The van der Waals surface area contributed by atoms with E-state index in [2.05, 4.69) is 27.8 Å². The Balaban J connectivity index is 2.04. The fourth-order valence-electron chi connectivity index (χ4n) is 1.73. The van der Waals surface area contributed by atoms with Gasteiger partial charge in [0.1, 0.15) is 4.34 Å². The van der Waals surface area contributed by atoms with Crippen LogP contribution in [0.1, 0.15) is 0 Å². The first-order valence-corrected chi connectivity index (χ1v) is 6.26. The van der Waals surface area contributed by atoms with Gasteiger partial charge in [0, 0.05) is 16.6 Å². The molecule has 0 spiro atoms. The molecule has 0 saturated heterocycles. The molecule has 0 fully saturated rings. The van der Waals surface area contributed by atoms with Gasteiger partial charge in [0.25, 0.3) is 0 Å². The van der Waals surface area contributed by atoms with E-state index in [1.807, 2.05) is 12.1 Å². The maximum atomic E-state index is 6.22. The standard InChI is InChI=1S/C11H10ClN3S/c12-10-9(15-11-13-5-6-14-11)7-3-1-2-4-8(7)16-10/h1-4H,5-6H2,(H2,13,14,15). The number of guanidine groups is 1. The third kappa shape index (κ3) is 1.64. The second-order valence-corrected chi connectivity index (χ2v) is 5.18. The highest BCUT2D eigenvalue weighted by Gasteiger charge is 2.13. The Kier molecular flexibility index (Phi) is 2.46. The predicted octanol–water partition coefficient (Wildman–Crippen LogP) is 2.93. The van der Waals surface area contributed by atoms with Crippen molar-refractivity contribution in [2.24, 2.45) is 4.99 Å². The van der Waals surface area contributed by atoms with Crippen molar-refractivity contribution in [1.82, 2.24) is 5.32 Å². The van der Waals surface area contributed by atoms with Crippen molar-refractivity contribution < 1.29 is 0 Å². The van der Waals surface area contributed by atoms with Crippen LogP contribution in [0, 0.1) is 0 Å². The lowest BCUT2D eigenvalue weighted by Crippen LogP contribution is -2.26. The molecule has 0 aliphatic carbocycles. The summed E-state index contributed by atoms with van der Waals surface area (Å²) in [6, 6.07) is 8.17. The molecule has 0 radical (unpaired) electrons. The highest BCUT2D eigenvalue weighted by molar-refractivity contribution is 7.23. The van der Waals surface area contributed by atoms with E-state index in [4.69, 9.17) is 11.6 Å². The van der Waals surface area contributed by atoms with Gasteiger partial charge in [0.2, 0.25) is 0 Å². The number of rotatable bonds is 1. The van der Waals surface area contributed by atoms with Gasteiger partial charge in [-0.1, -0.05) is 29.8 Å². The van der Waals surface area contributed by atoms with Crippen LogP contribution in [-0.2, 0) is 0 Å². The van der Waals surface area contributed by atoms with Crippen molar-refractivity contribution >= 4 is 44.7 Å². The van der Waals surface area contributed by atoms with Crippen molar-refractivity contribution in [3.8, 4) is 0 Å². The van der Waals surface area contributed by atoms with E-state index >= 15 is 0 Å². The Morgan fingerprint density at radius 1 is 1.38 bits per heavy atom. The summed E-state index contributed by atoms with van der Waals surface area (Å²) in [5, 5.41) is 7.57. The van der Waals surface area contributed by atoms with E-state index in [1.165, 1.54) is 4.70 Å². The average Bonchev–Trinajstić information content (AvgIpc) is 2.89. The van der Waals surface area contributed by atoms with Crippen LogP contribution in [0.25, 0.3) is 10.1 Å². The third-order valence-electron chi connectivity index (χ3n) is 2.47. The normalized spacial score (nSPS) is 14.9. The number of nitrogens with one attached hydrogen (secondary N) is 2. The second kappa shape index (κ2) is 3.96. The van der Waals surface area contributed by atoms with Gasteiger partial charge < -0.3 is 10.6 Å². The second-order valence-electron chi connectivity index (χ2n) is 3.53. The van der Waals surface area contributed by atoms with Gasteiger partial charge in [-0.15, -0.1) is 11.3 Å². The molecule has 3 rings (SSSR count). The lowest BCUT2D eigenvalue weighted by molar-refractivity contribution is 0.959. The SMILES string of the molecule is Clc1sc2ccccc2c1NC1=NCCN1. The van der Waals surface area contributed by atoms with E-state index < -0.39 is 0 Å². The minimum absolute atomic E-state index is 0.776. The van der Waals surface area contributed by atoms with Crippen molar-refractivity contribution in [1.29, 1.82) is 0 Å². The van der Waals surface area contributed by atoms with E-state index in [-0.39, 0.29) is 0 Å². The van der Waals surface area contributed by atoms with E-state index in [0.717, 1.165) is 34.5 Å². The quantitative estimate of drug-likeness (QED) is 0.818. The third-order valence-corrected chi connectivity index (χ3v) is 3.85. The molecule has 2 N–H and O–H groups in total. The van der Waals surface area contributed by atoms with Crippen LogP contribution in [0.15, 0.2) is 29.3 Å². The molecule has 0 saturated carbocycles. The van der Waals surface area contributed by atoms with Gasteiger partial charge in [0.15, 0.2) is 5.96 Å². The molecule has 5 heteroatoms. The Morgan fingerprint density at radius 3 is 3.06 bits per heavy atom. The summed E-state index contributed by atoms with van der Waals surface area (Å²) in [5.41, 5.74) is 0.954. The predicted molar refractivity (Wildman–Crippen MR) is 70.8 cm³/mol. The number of benzene rings is 1. The summed E-state index contributed by atoms with van der Waals surface area (Å²) in [7, 11) is 0. The summed E-state index contributed by atoms with van der Waals surface area (Å²) in [6.45, 7) is 1.71. The maximum Gasteiger partial charge on any atom is 0.196 e. The van der Waals surface area contributed by atoms with Gasteiger partial charge in [0.05, 0.1) is 12.2 Å². The summed E-state index contributed by atoms with van der Waals surface area (Å²) in [5.74, 6) is 0.811. The van der Waals surface area contributed by atoms with Gasteiger partial charge in [-0.2, -0.15) is 0 Å². The average molecular weight is 252 g/mol. The Morgan fingerprint density at radius 2 is 2.25 bits per heavy atom. The van der Waals surface area contributed by atoms with Crippen LogP contribution in [0.4, 0.5) is 5.69 Å². The largest absolute Gasteiger partial charge is 0.354 e. The molecule has 16 heavy (non-hydrogen) atoms. The molecule has 1 aromatic heterocycles. The minimum Gasteiger partial charge on any atom is -0.354 e. The highest BCUT2D eigenvalue weighted by atomic mass is 35.5. The van der Waals surface area contributed by atoms with E-state index in [0.29, 0.717) is 0 Å². The molecule has 2 aromatic rings. The van der Waals surface area contributed by atoms with Crippen molar-refractivity contribution in [2.45, 2.75) is 0 Å². The number of thiophene rings is 1. The molecule has 0 bridgehead atoms. The number of nitrogens with zero attached hydrogens (tertiary/aromatic N) is 1. The first-order chi connectivity index (χ1) is 7.84. The lowest BCUT2D eigenvalue weighted by Gasteiger charge is -2.05. The molecule has 0 amide bonds. The molecule has 3 nitrogen and oxygen atoms in total. The molecule has 82 valence electrons. The minimum atomic E-state index is 0.776. The van der Waals surface area contributed by atoms with Crippen molar-refractivity contribution in [3.63, 3.8) is 0 Å². The van der Waals surface area contributed by atoms with Gasteiger partial charge in [-0.25, -0.2) is 0 Å². The fraction of sp³-hybridized carbons (Fsp3) is 0.182. The molecule has 1 aromatic carbocycles. The zero-order valence-electron chi connectivity index (χ0n) is 8.46. The Bertz CT molecular complexity index is 561. The van der Waals surface area contributed by atoms with Crippen LogP contribution in [0.2, 0.25) is 4.34 Å². The number of hydrogen-bond donors (Lipinski definition) is 2. The smallest absolute Gasteiger partial charge is 0.196 e. The molecule has 0 unspecified atom stereocenters. The fourth-order valence-corrected chi connectivity index (χ4v) is 3.01. The van der Waals surface area contributed by atoms with Crippen LogP contribution in [-0.4, -0.2) is 19.0 Å². The van der Waals surface area contributed by atoms with Crippen molar-refractivity contribution in [2.75, 3.05) is 18.4 Å². The summed E-state index contributed by atoms with van der Waals surface area (Å²) >= 11 is 7.80. The molecular formula is C11H10ClN3S. The lowest BCUT2D eigenvalue weighted by atomic mass is 10.2. The first-order valence-electron chi connectivity index (χ1n) is 5.07. The van der Waals surface area contributed by atoms with E-state index in [9.17, 15) is 0 Å². The number of hydrogen-bond acceptors (Lipinski definition) is 4. The topological polar surface area (TPSA) is 36.4 Å². The number of halogens is 1. The number of fused-ring (bicyclic) bond motifs is 1.